The molecule has 5 aromatic carbocycles. The van der Waals surface area contributed by atoms with E-state index in [1.165, 1.54) is 24.3 Å². The number of carbonyl (C=O) groups is 8. The smallest absolute Gasteiger partial charge is 0.326 e. The average molecular weight is 651 g/mol. The predicted octanol–water partition coefficient (Wildman–Crippen LogP) is 3.57. The van der Waals surface area contributed by atoms with Gasteiger partial charge in [0.05, 0.1) is 0 Å². The van der Waals surface area contributed by atoms with E-state index in [1.54, 1.807) is 24.3 Å². The second-order valence-electron chi connectivity index (χ2n) is 11.7. The molecule has 14 nitrogen and oxygen atoms in total. The van der Waals surface area contributed by atoms with Gasteiger partial charge < -0.3 is 20.4 Å². The molecule has 0 aromatic heterocycles. The van der Waals surface area contributed by atoms with Crippen molar-refractivity contribution in [1.82, 2.24) is 9.80 Å². The summed E-state index contributed by atoms with van der Waals surface area (Å²) in [5.41, 5.74) is 0.177. The van der Waals surface area contributed by atoms with Crippen molar-refractivity contribution in [2.45, 2.75) is 37.8 Å². The van der Waals surface area contributed by atoms with Crippen molar-refractivity contribution >= 4 is 90.6 Å². The highest BCUT2D eigenvalue weighted by molar-refractivity contribution is 6.41. The lowest BCUT2D eigenvalue weighted by Gasteiger charge is -2.33. The number of carboxylic acids is 4. The van der Waals surface area contributed by atoms with Gasteiger partial charge in [-0.2, -0.15) is 0 Å². The van der Waals surface area contributed by atoms with E-state index in [-0.39, 0.29) is 33.0 Å². The summed E-state index contributed by atoms with van der Waals surface area (Å²) in [7, 11) is 0. The van der Waals surface area contributed by atoms with Gasteiger partial charge in [-0.05, 0) is 69.4 Å². The third-order valence-corrected chi connectivity index (χ3v) is 9.16. The van der Waals surface area contributed by atoms with Crippen LogP contribution >= 0.6 is 0 Å². The minimum absolute atomic E-state index is 0.0443. The van der Waals surface area contributed by atoms with Crippen LogP contribution in [0.2, 0.25) is 0 Å². The zero-order valence-electron chi connectivity index (χ0n) is 24.6. The molecular weight excluding hydrogens is 628 g/mol. The Morgan fingerprint density at radius 1 is 0.458 bits per heavy atom. The van der Waals surface area contributed by atoms with Crippen molar-refractivity contribution in [1.29, 1.82) is 0 Å². The molecule has 2 aliphatic rings. The highest BCUT2D eigenvalue weighted by Gasteiger charge is 2.43. The molecule has 0 saturated carbocycles. The van der Waals surface area contributed by atoms with Gasteiger partial charge in [-0.3, -0.25) is 38.6 Å². The van der Waals surface area contributed by atoms with Gasteiger partial charge in [0, 0.05) is 45.9 Å². The zero-order chi connectivity index (χ0) is 34.3. The number of benzene rings is 5. The first-order valence-corrected chi connectivity index (χ1v) is 14.7. The van der Waals surface area contributed by atoms with Crippen molar-refractivity contribution in [2.75, 3.05) is 0 Å². The van der Waals surface area contributed by atoms with Gasteiger partial charge in [0.1, 0.15) is 12.1 Å². The number of carboxylic acid groups (broad SMARTS) is 4. The van der Waals surface area contributed by atoms with Crippen LogP contribution in [0.25, 0.3) is 43.1 Å². The quantitative estimate of drug-likeness (QED) is 0.0967. The Balaban J connectivity index is 1.44. The van der Waals surface area contributed by atoms with Gasteiger partial charge in [0.25, 0.3) is 23.6 Å². The van der Waals surface area contributed by atoms with Crippen LogP contribution in [0.1, 0.15) is 67.1 Å². The summed E-state index contributed by atoms with van der Waals surface area (Å²) in [6.07, 6.45) is -2.14. The maximum Gasteiger partial charge on any atom is 0.326 e. The van der Waals surface area contributed by atoms with Crippen molar-refractivity contribution in [3.05, 3.63) is 70.8 Å². The molecule has 2 heterocycles. The fraction of sp³-hybridized carbons (Fsp3) is 0.176. The van der Waals surface area contributed by atoms with E-state index < -0.39 is 85.3 Å². The number of rotatable bonds is 10. The Morgan fingerprint density at radius 3 is 0.958 bits per heavy atom. The number of hydrogen-bond donors (Lipinski definition) is 4. The lowest BCUT2D eigenvalue weighted by atomic mass is 9.82. The van der Waals surface area contributed by atoms with Gasteiger partial charge >= 0.3 is 23.9 Å². The number of imide groups is 2. The minimum Gasteiger partial charge on any atom is -0.481 e. The number of aliphatic carboxylic acids is 4. The van der Waals surface area contributed by atoms with Crippen LogP contribution in [0.4, 0.5) is 0 Å². The van der Waals surface area contributed by atoms with E-state index >= 15 is 0 Å². The molecule has 14 heteroatoms. The van der Waals surface area contributed by atoms with Crippen molar-refractivity contribution in [3.63, 3.8) is 0 Å². The summed E-state index contributed by atoms with van der Waals surface area (Å²) in [6.45, 7) is 0. The van der Waals surface area contributed by atoms with E-state index in [4.69, 9.17) is 10.2 Å². The SMILES string of the molecule is O=C(O)CCC(C(=O)O)N1C(=O)c2ccc3c4ccc5c6c(ccc(c7ccc(c2c37)C1=O)c64)C(=O)N(C(CCC(=O)O)C(=O)O)C5=O. The first kappa shape index (κ1) is 30.2. The van der Waals surface area contributed by atoms with E-state index in [2.05, 4.69) is 0 Å². The number of hydrogen-bond acceptors (Lipinski definition) is 8. The molecule has 2 unspecified atom stereocenters. The van der Waals surface area contributed by atoms with Crippen LogP contribution in [-0.2, 0) is 19.2 Å². The third kappa shape index (κ3) is 4.11. The topological polar surface area (TPSA) is 224 Å². The molecule has 240 valence electrons. The summed E-state index contributed by atoms with van der Waals surface area (Å²) in [6, 6.07) is 8.81. The van der Waals surface area contributed by atoms with Gasteiger partial charge in [-0.1, -0.05) is 24.3 Å². The molecule has 4 amide bonds. The summed E-state index contributed by atoms with van der Waals surface area (Å²) >= 11 is 0. The zero-order valence-corrected chi connectivity index (χ0v) is 24.6. The van der Waals surface area contributed by atoms with Crippen LogP contribution in [0.5, 0.6) is 0 Å². The molecule has 0 aliphatic carbocycles. The Hall–Kier alpha value is -6.44. The molecule has 48 heavy (non-hydrogen) atoms. The normalized spacial score (nSPS) is 15.6. The molecule has 4 N–H and O–H groups in total. The van der Waals surface area contributed by atoms with E-state index in [1.807, 2.05) is 0 Å². The largest absolute Gasteiger partial charge is 0.481 e. The number of amides is 4. The fourth-order valence-corrected chi connectivity index (χ4v) is 7.12. The molecule has 5 aromatic rings. The summed E-state index contributed by atoms with van der Waals surface area (Å²) in [5, 5.41) is 41.7. The maximum absolute atomic E-state index is 13.7. The van der Waals surface area contributed by atoms with Gasteiger partial charge in [-0.15, -0.1) is 0 Å². The highest BCUT2D eigenvalue weighted by Crippen LogP contribution is 2.46. The van der Waals surface area contributed by atoms with Crippen molar-refractivity contribution in [3.8, 4) is 0 Å². The van der Waals surface area contributed by atoms with E-state index in [0.29, 0.717) is 42.1 Å². The summed E-state index contributed by atoms with van der Waals surface area (Å²) < 4.78 is 0. The van der Waals surface area contributed by atoms with Crippen molar-refractivity contribution < 1.29 is 58.8 Å². The highest BCUT2D eigenvalue weighted by atomic mass is 16.4. The Morgan fingerprint density at radius 2 is 0.729 bits per heavy atom. The molecule has 0 spiro atoms. The second-order valence-corrected chi connectivity index (χ2v) is 11.7. The van der Waals surface area contributed by atoms with Crippen molar-refractivity contribution in [2.24, 2.45) is 0 Å². The molecule has 2 atom stereocenters. The Bertz CT molecular complexity index is 2090. The number of nitrogens with zero attached hydrogens (tertiary/aromatic N) is 2. The monoisotopic (exact) mass is 650 g/mol. The maximum atomic E-state index is 13.7. The summed E-state index contributed by atoms with van der Waals surface area (Å²) in [4.78, 5) is 103. The lowest BCUT2D eigenvalue weighted by Crippen LogP contribution is -2.50. The molecule has 0 bridgehead atoms. The third-order valence-electron chi connectivity index (χ3n) is 9.16. The first-order valence-electron chi connectivity index (χ1n) is 14.7. The average Bonchev–Trinajstić information content (AvgIpc) is 3.04. The lowest BCUT2D eigenvalue weighted by molar-refractivity contribution is -0.144. The first-order chi connectivity index (χ1) is 22.8. The van der Waals surface area contributed by atoms with Crippen LogP contribution < -0.4 is 0 Å². The van der Waals surface area contributed by atoms with Crippen LogP contribution in [0.15, 0.2) is 48.5 Å². The summed E-state index contributed by atoms with van der Waals surface area (Å²) in [5.74, 6) is -9.19. The predicted molar refractivity (Wildman–Crippen MR) is 165 cm³/mol. The molecule has 7 rings (SSSR count). The van der Waals surface area contributed by atoms with Crippen LogP contribution in [0, 0.1) is 0 Å². The molecule has 0 fully saturated rings. The molecule has 0 radical (unpaired) electrons. The van der Waals surface area contributed by atoms with Gasteiger partial charge in [0.15, 0.2) is 0 Å². The van der Waals surface area contributed by atoms with Crippen LogP contribution in [-0.4, -0.2) is 89.8 Å². The Labute approximate surface area is 267 Å². The fourth-order valence-electron chi connectivity index (χ4n) is 7.12. The standard InChI is InChI=1S/C34H22N2O12/c37-23(38)11-9-21(33(45)46)35-29(41)17-5-1-13-14-2-6-19-28-20(32(44)36(31(19)43)22(34(47)48)10-12-24(39)40)8-4-16(26(14)28)15-3-7-18(30(35)42)27(17)25(13)15/h1-8,21-22H,9-12H2,(H,37,38)(H,39,40)(H,45,46)(H,47,48). The molecule has 0 saturated heterocycles. The van der Waals surface area contributed by atoms with Gasteiger partial charge in [-0.25, -0.2) is 9.59 Å². The van der Waals surface area contributed by atoms with E-state index in [9.17, 15) is 48.6 Å². The van der Waals surface area contributed by atoms with Crippen LogP contribution in [0.3, 0.4) is 0 Å². The Kier molecular flexibility index (Phi) is 6.64. The number of fused-ring (bicyclic) bond motifs is 2. The van der Waals surface area contributed by atoms with E-state index in [0.717, 1.165) is 0 Å². The van der Waals surface area contributed by atoms with Gasteiger partial charge in [0.2, 0.25) is 0 Å². The second kappa shape index (κ2) is 10.6. The molecule has 2 aliphatic heterocycles. The number of carbonyl (C=O) groups excluding carboxylic acids is 4. The minimum atomic E-state index is -1.71. The molecular formula is C34H22N2O12.